The van der Waals surface area contributed by atoms with Crippen molar-refractivity contribution in [2.45, 2.75) is 26.2 Å². The molecular weight excluding hydrogens is 132 g/mol. The maximum atomic E-state index is 4.06. The van der Waals surface area contributed by atoms with Crippen LogP contribution in [0.1, 0.15) is 24.8 Å². The Morgan fingerprint density at radius 1 is 1.67 bits per heavy atom. The van der Waals surface area contributed by atoms with Gasteiger partial charge >= 0.3 is 0 Å². The van der Waals surface area contributed by atoms with Crippen molar-refractivity contribution in [2.75, 3.05) is 0 Å². The lowest BCUT2D eigenvalue weighted by atomic mass is 10.3. The van der Waals surface area contributed by atoms with Gasteiger partial charge < -0.3 is 0 Å². The highest BCUT2D eigenvalue weighted by atomic mass is 32.1. The minimum absolute atomic E-state index is 1.10. The number of nitrogens with zero attached hydrogens (tertiary/aromatic N) is 2. The minimum Gasteiger partial charge on any atom is -0.228 e. The van der Waals surface area contributed by atoms with Crippen molar-refractivity contribution in [1.82, 2.24) is 9.36 Å². The molecule has 0 fully saturated rings. The SMILES string of the molecule is CCCCc1ncns1. The van der Waals surface area contributed by atoms with Gasteiger partial charge in [0.2, 0.25) is 0 Å². The molecule has 0 aliphatic carbocycles. The first-order valence-electron chi connectivity index (χ1n) is 3.19. The van der Waals surface area contributed by atoms with Crippen molar-refractivity contribution in [3.63, 3.8) is 0 Å². The Morgan fingerprint density at radius 3 is 3.11 bits per heavy atom. The molecule has 1 heterocycles. The fourth-order valence-electron chi connectivity index (χ4n) is 0.634. The largest absolute Gasteiger partial charge is 0.228 e. The third-order valence-electron chi connectivity index (χ3n) is 1.15. The molecule has 0 atom stereocenters. The first-order chi connectivity index (χ1) is 4.43. The Kier molecular flexibility index (Phi) is 2.64. The average Bonchev–Trinajstić information content (AvgIpc) is 2.34. The summed E-state index contributed by atoms with van der Waals surface area (Å²) in [4.78, 5) is 4.06. The van der Waals surface area contributed by atoms with Crippen LogP contribution in [0.3, 0.4) is 0 Å². The van der Waals surface area contributed by atoms with Gasteiger partial charge in [0.05, 0.1) is 0 Å². The highest BCUT2D eigenvalue weighted by molar-refractivity contribution is 7.05. The van der Waals surface area contributed by atoms with Crippen LogP contribution in [-0.4, -0.2) is 9.36 Å². The van der Waals surface area contributed by atoms with Gasteiger partial charge in [0.1, 0.15) is 11.3 Å². The molecule has 0 amide bonds. The topological polar surface area (TPSA) is 25.8 Å². The molecule has 0 unspecified atom stereocenters. The molecule has 0 radical (unpaired) electrons. The molecule has 0 saturated carbocycles. The van der Waals surface area contributed by atoms with Crippen LogP contribution in [0.15, 0.2) is 6.33 Å². The normalized spacial score (nSPS) is 9.89. The average molecular weight is 142 g/mol. The van der Waals surface area contributed by atoms with Crippen LogP contribution in [0.5, 0.6) is 0 Å². The zero-order chi connectivity index (χ0) is 6.53. The Morgan fingerprint density at radius 2 is 2.56 bits per heavy atom. The fraction of sp³-hybridized carbons (Fsp3) is 0.667. The van der Waals surface area contributed by atoms with E-state index in [0.29, 0.717) is 0 Å². The summed E-state index contributed by atoms with van der Waals surface area (Å²) in [5.74, 6) is 0. The number of unbranched alkanes of at least 4 members (excludes halogenated alkanes) is 1. The van der Waals surface area contributed by atoms with E-state index < -0.39 is 0 Å². The second-order valence-electron chi connectivity index (χ2n) is 1.94. The summed E-state index contributed by atoms with van der Waals surface area (Å²) in [7, 11) is 0. The van der Waals surface area contributed by atoms with E-state index in [4.69, 9.17) is 0 Å². The van der Waals surface area contributed by atoms with Crippen molar-refractivity contribution in [3.05, 3.63) is 11.3 Å². The molecule has 3 heteroatoms. The van der Waals surface area contributed by atoms with E-state index in [0.717, 1.165) is 11.4 Å². The number of hydrogen-bond acceptors (Lipinski definition) is 3. The van der Waals surface area contributed by atoms with E-state index in [1.807, 2.05) is 0 Å². The van der Waals surface area contributed by atoms with E-state index in [1.54, 1.807) is 6.33 Å². The van der Waals surface area contributed by atoms with E-state index in [1.165, 1.54) is 24.4 Å². The van der Waals surface area contributed by atoms with Gasteiger partial charge in [-0.2, -0.15) is 4.37 Å². The summed E-state index contributed by atoms with van der Waals surface area (Å²) in [6, 6.07) is 0. The summed E-state index contributed by atoms with van der Waals surface area (Å²) in [6.07, 6.45) is 5.19. The standard InChI is InChI=1S/C6H10N2S/c1-2-3-4-6-7-5-8-9-6/h5H,2-4H2,1H3. The molecule has 9 heavy (non-hydrogen) atoms. The highest BCUT2D eigenvalue weighted by Gasteiger charge is 1.92. The predicted octanol–water partition coefficient (Wildman–Crippen LogP) is 1.88. The predicted molar refractivity (Wildman–Crippen MR) is 38.5 cm³/mol. The molecule has 0 saturated heterocycles. The maximum Gasteiger partial charge on any atom is 0.129 e. The smallest absolute Gasteiger partial charge is 0.129 e. The van der Waals surface area contributed by atoms with Gasteiger partial charge in [-0.1, -0.05) is 13.3 Å². The van der Waals surface area contributed by atoms with Crippen LogP contribution >= 0.6 is 11.5 Å². The van der Waals surface area contributed by atoms with E-state index in [9.17, 15) is 0 Å². The minimum atomic E-state index is 1.10. The Balaban J connectivity index is 2.30. The molecule has 50 valence electrons. The number of hydrogen-bond donors (Lipinski definition) is 0. The zero-order valence-corrected chi connectivity index (χ0v) is 6.32. The first kappa shape index (κ1) is 6.68. The van der Waals surface area contributed by atoms with Crippen molar-refractivity contribution in [3.8, 4) is 0 Å². The van der Waals surface area contributed by atoms with Gasteiger partial charge in [-0.3, -0.25) is 0 Å². The van der Waals surface area contributed by atoms with Crippen LogP contribution in [0.4, 0.5) is 0 Å². The molecule has 0 aliphatic rings. The lowest BCUT2D eigenvalue weighted by Gasteiger charge is -1.87. The third-order valence-corrected chi connectivity index (χ3v) is 1.87. The monoisotopic (exact) mass is 142 g/mol. The van der Waals surface area contributed by atoms with Gasteiger partial charge in [0.15, 0.2) is 0 Å². The second kappa shape index (κ2) is 3.56. The summed E-state index contributed by atoms with van der Waals surface area (Å²) in [5, 5.41) is 1.16. The molecule has 1 rings (SSSR count). The molecule has 0 aromatic carbocycles. The third kappa shape index (κ3) is 2.10. The summed E-state index contributed by atoms with van der Waals surface area (Å²) in [6.45, 7) is 2.18. The molecular formula is C6H10N2S. The van der Waals surface area contributed by atoms with E-state index >= 15 is 0 Å². The van der Waals surface area contributed by atoms with Crippen LogP contribution < -0.4 is 0 Å². The van der Waals surface area contributed by atoms with E-state index in [2.05, 4.69) is 16.3 Å². The van der Waals surface area contributed by atoms with Gasteiger partial charge in [-0.15, -0.1) is 0 Å². The van der Waals surface area contributed by atoms with Gasteiger partial charge in [-0.05, 0) is 18.0 Å². The van der Waals surface area contributed by atoms with Crippen molar-refractivity contribution < 1.29 is 0 Å². The molecule has 1 aromatic heterocycles. The first-order valence-corrected chi connectivity index (χ1v) is 3.96. The molecule has 0 N–H and O–H groups in total. The lowest BCUT2D eigenvalue weighted by Crippen LogP contribution is -1.80. The molecule has 0 bridgehead atoms. The van der Waals surface area contributed by atoms with Crippen LogP contribution in [-0.2, 0) is 6.42 Å². The van der Waals surface area contributed by atoms with E-state index in [-0.39, 0.29) is 0 Å². The maximum absolute atomic E-state index is 4.06. The number of aromatic nitrogens is 2. The highest BCUT2D eigenvalue weighted by Crippen LogP contribution is 2.04. The Bertz CT molecular complexity index is 148. The quantitative estimate of drug-likeness (QED) is 0.644. The number of rotatable bonds is 3. The van der Waals surface area contributed by atoms with Gasteiger partial charge in [-0.25, -0.2) is 4.98 Å². The van der Waals surface area contributed by atoms with Crippen LogP contribution in [0.25, 0.3) is 0 Å². The van der Waals surface area contributed by atoms with Gasteiger partial charge in [0, 0.05) is 6.42 Å². The van der Waals surface area contributed by atoms with Crippen LogP contribution in [0, 0.1) is 0 Å². The summed E-state index contributed by atoms with van der Waals surface area (Å²) in [5.41, 5.74) is 0. The van der Waals surface area contributed by atoms with Gasteiger partial charge in [0.25, 0.3) is 0 Å². The van der Waals surface area contributed by atoms with Crippen LogP contribution in [0.2, 0.25) is 0 Å². The fourth-order valence-corrected chi connectivity index (χ4v) is 1.18. The summed E-state index contributed by atoms with van der Waals surface area (Å²) < 4.78 is 3.91. The lowest BCUT2D eigenvalue weighted by molar-refractivity contribution is 0.790. The Hall–Kier alpha value is -0.440. The molecule has 0 spiro atoms. The van der Waals surface area contributed by atoms with Crippen molar-refractivity contribution in [1.29, 1.82) is 0 Å². The van der Waals surface area contributed by atoms with Crippen molar-refractivity contribution in [2.24, 2.45) is 0 Å². The zero-order valence-electron chi connectivity index (χ0n) is 5.50. The Labute approximate surface area is 59.1 Å². The van der Waals surface area contributed by atoms with Crippen molar-refractivity contribution >= 4 is 11.5 Å². The molecule has 2 nitrogen and oxygen atoms in total. The molecule has 0 aliphatic heterocycles. The molecule has 1 aromatic rings. The second-order valence-corrected chi connectivity index (χ2v) is 2.80. The summed E-state index contributed by atoms with van der Waals surface area (Å²) >= 11 is 1.50. The number of aryl methyl sites for hydroxylation is 1.